The molecule has 0 bridgehead atoms. The zero-order chi connectivity index (χ0) is 9.03. The minimum absolute atomic E-state index is 0.700. The Hall–Kier alpha value is -0.0400. The van der Waals surface area contributed by atoms with Crippen molar-refractivity contribution in [3.63, 3.8) is 0 Å². The molecule has 0 aromatic carbocycles. The Morgan fingerprint density at radius 1 is 1.25 bits per heavy atom. The lowest BCUT2D eigenvalue weighted by Crippen LogP contribution is -2.13. The topological polar surface area (TPSA) is 26.0 Å². The molecule has 0 aromatic heterocycles. The van der Waals surface area contributed by atoms with Crippen LogP contribution in [-0.4, -0.2) is 6.54 Å². The molecule has 2 N–H and O–H groups in total. The van der Waals surface area contributed by atoms with Crippen molar-refractivity contribution in [1.29, 1.82) is 0 Å². The lowest BCUT2D eigenvalue weighted by molar-refractivity contribution is 0.322. The van der Waals surface area contributed by atoms with E-state index in [0.717, 1.165) is 12.5 Å². The molecule has 12 heavy (non-hydrogen) atoms. The van der Waals surface area contributed by atoms with Gasteiger partial charge in [-0.3, -0.25) is 0 Å². The van der Waals surface area contributed by atoms with Gasteiger partial charge in [-0.25, -0.2) is 0 Å². The quantitative estimate of drug-likeness (QED) is 0.650. The molecule has 0 amide bonds. The second-order valence-corrected chi connectivity index (χ2v) is 4.43. The van der Waals surface area contributed by atoms with E-state index in [-0.39, 0.29) is 0 Å². The summed E-state index contributed by atoms with van der Waals surface area (Å²) in [6.45, 7) is 5.51. The molecule has 0 aliphatic heterocycles. The second-order valence-electron chi connectivity index (χ2n) is 4.43. The van der Waals surface area contributed by atoms with Gasteiger partial charge in [0.2, 0.25) is 0 Å². The van der Waals surface area contributed by atoms with Crippen molar-refractivity contribution in [3.05, 3.63) is 0 Å². The highest BCUT2D eigenvalue weighted by Gasteiger charge is 2.42. The number of hydrogen-bond donors (Lipinski definition) is 1. The van der Waals surface area contributed by atoms with Crippen molar-refractivity contribution in [2.45, 2.75) is 52.4 Å². The fourth-order valence-electron chi connectivity index (χ4n) is 2.23. The predicted octanol–water partition coefficient (Wildman–Crippen LogP) is 2.94. The summed E-state index contributed by atoms with van der Waals surface area (Å²) in [6.07, 6.45) is 8.30. The van der Waals surface area contributed by atoms with E-state index in [1.807, 2.05) is 0 Å². The fourth-order valence-corrected chi connectivity index (χ4v) is 2.23. The van der Waals surface area contributed by atoms with Crippen LogP contribution in [0.5, 0.6) is 0 Å². The maximum absolute atomic E-state index is 5.61. The van der Waals surface area contributed by atoms with Crippen molar-refractivity contribution in [2.75, 3.05) is 6.54 Å². The Bertz CT molecular complexity index is 123. The van der Waals surface area contributed by atoms with E-state index in [2.05, 4.69) is 13.8 Å². The van der Waals surface area contributed by atoms with Crippen LogP contribution in [0.4, 0.5) is 0 Å². The van der Waals surface area contributed by atoms with Gasteiger partial charge in [0.05, 0.1) is 0 Å². The molecule has 0 atom stereocenters. The Balaban J connectivity index is 2.28. The van der Waals surface area contributed by atoms with Crippen molar-refractivity contribution >= 4 is 0 Å². The molecule has 0 aromatic rings. The molecule has 1 saturated carbocycles. The molecule has 0 saturated heterocycles. The smallest absolute Gasteiger partial charge is 0.00720 e. The maximum atomic E-state index is 5.61. The summed E-state index contributed by atoms with van der Waals surface area (Å²) in [5, 5.41) is 0. The zero-order valence-electron chi connectivity index (χ0n) is 8.60. The van der Waals surface area contributed by atoms with Gasteiger partial charge < -0.3 is 5.73 Å². The van der Waals surface area contributed by atoms with Crippen LogP contribution in [0.15, 0.2) is 0 Å². The van der Waals surface area contributed by atoms with Crippen LogP contribution in [0, 0.1) is 11.3 Å². The van der Waals surface area contributed by atoms with Gasteiger partial charge in [-0.05, 0) is 43.6 Å². The lowest BCUT2D eigenvalue weighted by Gasteiger charge is -2.20. The monoisotopic (exact) mass is 169 g/mol. The highest BCUT2D eigenvalue weighted by atomic mass is 14.6. The van der Waals surface area contributed by atoms with E-state index in [9.17, 15) is 0 Å². The summed E-state index contributed by atoms with van der Waals surface area (Å²) in [5.41, 5.74) is 6.31. The third-order valence-electron chi connectivity index (χ3n) is 3.51. The van der Waals surface area contributed by atoms with Crippen LogP contribution in [-0.2, 0) is 0 Å². The van der Waals surface area contributed by atoms with E-state index in [1.165, 1.54) is 38.5 Å². The SMILES string of the molecule is CCC(CC)CC1(CCN)CC1. The molecule has 1 rings (SSSR count). The van der Waals surface area contributed by atoms with Gasteiger partial charge in [0.1, 0.15) is 0 Å². The van der Waals surface area contributed by atoms with Crippen LogP contribution >= 0.6 is 0 Å². The minimum atomic E-state index is 0.700. The fraction of sp³-hybridized carbons (Fsp3) is 1.00. The van der Waals surface area contributed by atoms with Gasteiger partial charge in [-0.2, -0.15) is 0 Å². The summed E-state index contributed by atoms with van der Waals surface area (Å²) in [7, 11) is 0. The minimum Gasteiger partial charge on any atom is -0.330 e. The molecule has 1 aliphatic carbocycles. The molecular weight excluding hydrogens is 146 g/mol. The van der Waals surface area contributed by atoms with E-state index in [0.29, 0.717) is 5.41 Å². The number of hydrogen-bond acceptors (Lipinski definition) is 1. The maximum Gasteiger partial charge on any atom is -0.00720 e. The van der Waals surface area contributed by atoms with Crippen LogP contribution < -0.4 is 5.73 Å². The summed E-state index contributed by atoms with van der Waals surface area (Å²) >= 11 is 0. The summed E-state index contributed by atoms with van der Waals surface area (Å²) in [6, 6.07) is 0. The van der Waals surface area contributed by atoms with Crippen LogP contribution in [0.2, 0.25) is 0 Å². The molecule has 0 unspecified atom stereocenters. The third kappa shape index (κ3) is 2.48. The van der Waals surface area contributed by atoms with Crippen molar-refractivity contribution in [3.8, 4) is 0 Å². The lowest BCUT2D eigenvalue weighted by atomic mass is 9.86. The summed E-state index contributed by atoms with van der Waals surface area (Å²) in [4.78, 5) is 0. The molecule has 1 heteroatoms. The van der Waals surface area contributed by atoms with Gasteiger partial charge in [0.25, 0.3) is 0 Å². The standard InChI is InChI=1S/C11H23N/c1-3-10(4-2)9-11(5-6-11)7-8-12/h10H,3-9,12H2,1-2H3. The van der Waals surface area contributed by atoms with Gasteiger partial charge in [-0.1, -0.05) is 26.7 Å². The first kappa shape index (κ1) is 10.0. The first-order valence-corrected chi connectivity index (χ1v) is 5.46. The summed E-state index contributed by atoms with van der Waals surface area (Å²) < 4.78 is 0. The van der Waals surface area contributed by atoms with E-state index in [4.69, 9.17) is 5.73 Å². The van der Waals surface area contributed by atoms with Crippen LogP contribution in [0.1, 0.15) is 52.4 Å². The molecule has 1 fully saturated rings. The normalized spacial score (nSPS) is 20.0. The van der Waals surface area contributed by atoms with Gasteiger partial charge in [0.15, 0.2) is 0 Å². The first-order chi connectivity index (χ1) is 5.76. The molecular formula is C11H23N. The first-order valence-electron chi connectivity index (χ1n) is 5.46. The Kier molecular flexibility index (Phi) is 3.57. The highest BCUT2D eigenvalue weighted by molar-refractivity contribution is 4.94. The van der Waals surface area contributed by atoms with Crippen LogP contribution in [0.25, 0.3) is 0 Å². The molecule has 1 aliphatic rings. The van der Waals surface area contributed by atoms with Gasteiger partial charge >= 0.3 is 0 Å². The van der Waals surface area contributed by atoms with Crippen molar-refractivity contribution < 1.29 is 0 Å². The van der Waals surface area contributed by atoms with E-state index < -0.39 is 0 Å². The molecule has 0 heterocycles. The third-order valence-corrected chi connectivity index (χ3v) is 3.51. The molecule has 1 nitrogen and oxygen atoms in total. The predicted molar refractivity (Wildman–Crippen MR) is 54.0 cm³/mol. The largest absolute Gasteiger partial charge is 0.330 e. The number of rotatable bonds is 6. The van der Waals surface area contributed by atoms with Crippen LogP contribution in [0.3, 0.4) is 0 Å². The second kappa shape index (κ2) is 4.27. The van der Waals surface area contributed by atoms with Gasteiger partial charge in [0, 0.05) is 0 Å². The summed E-state index contributed by atoms with van der Waals surface area (Å²) in [5.74, 6) is 0.957. The Morgan fingerprint density at radius 3 is 2.17 bits per heavy atom. The molecule has 0 radical (unpaired) electrons. The van der Waals surface area contributed by atoms with Crippen molar-refractivity contribution in [1.82, 2.24) is 0 Å². The zero-order valence-corrected chi connectivity index (χ0v) is 8.60. The molecule has 0 spiro atoms. The van der Waals surface area contributed by atoms with E-state index in [1.54, 1.807) is 0 Å². The Labute approximate surface area is 76.7 Å². The van der Waals surface area contributed by atoms with Gasteiger partial charge in [-0.15, -0.1) is 0 Å². The highest BCUT2D eigenvalue weighted by Crippen LogP contribution is 2.53. The Morgan fingerprint density at radius 2 is 1.83 bits per heavy atom. The van der Waals surface area contributed by atoms with Crippen molar-refractivity contribution in [2.24, 2.45) is 17.1 Å². The molecule has 72 valence electrons. The average Bonchev–Trinajstić information content (AvgIpc) is 2.82. The van der Waals surface area contributed by atoms with E-state index >= 15 is 0 Å². The number of nitrogens with two attached hydrogens (primary N) is 1. The average molecular weight is 169 g/mol.